The molecule has 7 heteroatoms. The second-order valence-corrected chi connectivity index (χ2v) is 12.5. The van der Waals surface area contributed by atoms with Gasteiger partial charge in [0.1, 0.15) is 5.60 Å². The summed E-state index contributed by atoms with van der Waals surface area (Å²) in [7, 11) is 1.73. The van der Waals surface area contributed by atoms with E-state index >= 15 is 0 Å². The SMILES string of the molecule is CCc1cc(Br)ccc1CCCC(=O)Nc1ccc(SC(C)C)c(CN(C)C(=O)OC(C)(C)C)c1. The van der Waals surface area contributed by atoms with E-state index in [-0.39, 0.29) is 12.0 Å². The number of carbonyl (C=O) groups excluding carboxylic acids is 2. The van der Waals surface area contributed by atoms with Crippen molar-refractivity contribution >= 4 is 45.4 Å². The third-order valence-corrected chi connectivity index (χ3v) is 6.84. The molecule has 0 aromatic heterocycles. The Labute approximate surface area is 223 Å². The summed E-state index contributed by atoms with van der Waals surface area (Å²) in [4.78, 5) is 27.8. The van der Waals surface area contributed by atoms with Crippen LogP contribution in [0.15, 0.2) is 45.8 Å². The van der Waals surface area contributed by atoms with Gasteiger partial charge in [0, 0.05) is 40.3 Å². The molecule has 0 spiro atoms. The van der Waals surface area contributed by atoms with E-state index < -0.39 is 5.60 Å². The number of nitrogens with one attached hydrogen (secondary N) is 1. The minimum absolute atomic E-state index is 0.00382. The monoisotopic (exact) mass is 562 g/mol. The van der Waals surface area contributed by atoms with E-state index in [2.05, 4.69) is 60.2 Å². The van der Waals surface area contributed by atoms with Gasteiger partial charge in [-0.1, -0.05) is 42.8 Å². The van der Waals surface area contributed by atoms with Crippen molar-refractivity contribution in [2.75, 3.05) is 12.4 Å². The predicted octanol–water partition coefficient (Wildman–Crippen LogP) is 7.84. The zero-order chi connectivity index (χ0) is 26.2. The fraction of sp³-hybridized carbons (Fsp3) is 0.500. The number of carbonyl (C=O) groups is 2. The normalized spacial score (nSPS) is 11.5. The Morgan fingerprint density at radius 1 is 1.09 bits per heavy atom. The molecular formula is C28H39BrN2O3S. The van der Waals surface area contributed by atoms with Crippen molar-refractivity contribution in [1.82, 2.24) is 4.90 Å². The molecule has 35 heavy (non-hydrogen) atoms. The van der Waals surface area contributed by atoms with Crippen molar-refractivity contribution in [2.45, 2.75) is 89.5 Å². The van der Waals surface area contributed by atoms with Crippen molar-refractivity contribution in [3.63, 3.8) is 0 Å². The lowest BCUT2D eigenvalue weighted by Crippen LogP contribution is -2.34. The molecule has 0 unspecified atom stereocenters. The quantitative estimate of drug-likeness (QED) is 0.299. The third kappa shape index (κ3) is 10.3. The number of aryl methyl sites for hydroxylation is 2. The summed E-state index contributed by atoms with van der Waals surface area (Å²) in [6.07, 6.45) is 2.72. The maximum atomic E-state index is 12.7. The summed E-state index contributed by atoms with van der Waals surface area (Å²) < 4.78 is 6.59. The molecule has 0 saturated heterocycles. The van der Waals surface area contributed by atoms with Crippen LogP contribution in [0, 0.1) is 0 Å². The highest BCUT2D eigenvalue weighted by atomic mass is 79.9. The number of nitrogens with zero attached hydrogens (tertiary/aromatic N) is 1. The number of hydrogen-bond donors (Lipinski definition) is 1. The first-order valence-corrected chi connectivity index (χ1v) is 13.9. The molecule has 0 aliphatic heterocycles. The zero-order valence-electron chi connectivity index (χ0n) is 22.0. The molecule has 2 aromatic rings. The number of hydrogen-bond acceptors (Lipinski definition) is 4. The van der Waals surface area contributed by atoms with E-state index in [0.29, 0.717) is 18.2 Å². The Morgan fingerprint density at radius 3 is 2.43 bits per heavy atom. The van der Waals surface area contributed by atoms with Crippen molar-refractivity contribution in [1.29, 1.82) is 0 Å². The van der Waals surface area contributed by atoms with Gasteiger partial charge in [-0.2, -0.15) is 0 Å². The van der Waals surface area contributed by atoms with Crippen LogP contribution in [0.5, 0.6) is 0 Å². The highest BCUT2D eigenvalue weighted by Crippen LogP contribution is 2.30. The molecule has 0 heterocycles. The van der Waals surface area contributed by atoms with E-state index in [9.17, 15) is 9.59 Å². The predicted molar refractivity (Wildman–Crippen MR) is 150 cm³/mol. The Hall–Kier alpha value is -1.99. The molecule has 0 atom stereocenters. The number of anilines is 1. The molecule has 0 fully saturated rings. The van der Waals surface area contributed by atoms with Crippen molar-refractivity contribution in [2.24, 2.45) is 0 Å². The maximum Gasteiger partial charge on any atom is 0.410 e. The van der Waals surface area contributed by atoms with Crippen LogP contribution in [0.2, 0.25) is 0 Å². The minimum atomic E-state index is -0.551. The van der Waals surface area contributed by atoms with Gasteiger partial charge in [-0.3, -0.25) is 4.79 Å². The zero-order valence-corrected chi connectivity index (χ0v) is 24.4. The Kier molecular flexibility index (Phi) is 11.2. The van der Waals surface area contributed by atoms with Gasteiger partial charge >= 0.3 is 6.09 Å². The minimum Gasteiger partial charge on any atom is -0.444 e. The van der Waals surface area contributed by atoms with Gasteiger partial charge in [0.2, 0.25) is 5.91 Å². The fourth-order valence-electron chi connectivity index (χ4n) is 3.64. The molecule has 0 aliphatic rings. The first-order valence-electron chi connectivity index (χ1n) is 12.2. The van der Waals surface area contributed by atoms with Crippen LogP contribution in [-0.4, -0.2) is 34.8 Å². The lowest BCUT2D eigenvalue weighted by molar-refractivity contribution is -0.116. The van der Waals surface area contributed by atoms with E-state index in [4.69, 9.17) is 4.74 Å². The summed E-state index contributed by atoms with van der Waals surface area (Å²) in [6.45, 7) is 12.4. The summed E-state index contributed by atoms with van der Waals surface area (Å²) >= 11 is 5.27. The van der Waals surface area contributed by atoms with Crippen LogP contribution in [0.25, 0.3) is 0 Å². The Morgan fingerprint density at radius 2 is 1.80 bits per heavy atom. The first kappa shape index (κ1) is 29.2. The molecule has 2 amide bonds. The van der Waals surface area contributed by atoms with Gasteiger partial charge in [0.15, 0.2) is 0 Å². The lowest BCUT2D eigenvalue weighted by atomic mass is 10.00. The maximum absolute atomic E-state index is 12.7. The average Bonchev–Trinajstić information content (AvgIpc) is 2.75. The molecule has 0 radical (unpaired) electrons. The second-order valence-electron chi connectivity index (χ2n) is 9.99. The average molecular weight is 564 g/mol. The van der Waals surface area contributed by atoms with E-state index in [1.165, 1.54) is 11.1 Å². The third-order valence-electron chi connectivity index (χ3n) is 5.22. The number of rotatable bonds is 10. The molecule has 192 valence electrons. The van der Waals surface area contributed by atoms with Crippen molar-refractivity contribution in [3.05, 3.63) is 57.6 Å². The van der Waals surface area contributed by atoms with Gasteiger partial charge in [0.05, 0.1) is 0 Å². The highest BCUT2D eigenvalue weighted by molar-refractivity contribution is 9.10. The van der Waals surface area contributed by atoms with Crippen molar-refractivity contribution in [3.8, 4) is 0 Å². The Bertz CT molecular complexity index is 1020. The number of amides is 2. The molecule has 0 aliphatic carbocycles. The van der Waals surface area contributed by atoms with Crippen LogP contribution >= 0.6 is 27.7 Å². The second kappa shape index (κ2) is 13.4. The Balaban J connectivity index is 2.04. The first-order chi connectivity index (χ1) is 16.4. The van der Waals surface area contributed by atoms with Gasteiger partial charge < -0.3 is 15.0 Å². The molecule has 2 rings (SSSR count). The molecular weight excluding hydrogens is 524 g/mol. The molecule has 0 bridgehead atoms. The summed E-state index contributed by atoms with van der Waals surface area (Å²) in [5.74, 6) is -0.00382. The van der Waals surface area contributed by atoms with Gasteiger partial charge in [-0.25, -0.2) is 4.79 Å². The van der Waals surface area contributed by atoms with Crippen molar-refractivity contribution < 1.29 is 14.3 Å². The molecule has 1 N–H and O–H groups in total. The van der Waals surface area contributed by atoms with E-state index in [0.717, 1.165) is 39.9 Å². The number of ether oxygens (including phenoxy) is 1. The summed E-state index contributed by atoms with van der Waals surface area (Å²) in [6, 6.07) is 12.3. The smallest absolute Gasteiger partial charge is 0.410 e. The fourth-order valence-corrected chi connectivity index (χ4v) is 4.98. The molecule has 5 nitrogen and oxygen atoms in total. The van der Waals surface area contributed by atoms with Gasteiger partial charge in [0.25, 0.3) is 0 Å². The molecule has 0 saturated carbocycles. The number of thioether (sulfide) groups is 1. The van der Waals surface area contributed by atoms with E-state index in [1.54, 1.807) is 23.7 Å². The van der Waals surface area contributed by atoms with Gasteiger partial charge in [-0.05, 0) is 87.1 Å². The number of benzene rings is 2. The molecule has 2 aromatic carbocycles. The number of halogens is 1. The topological polar surface area (TPSA) is 58.6 Å². The van der Waals surface area contributed by atoms with Crippen LogP contribution in [0.3, 0.4) is 0 Å². The summed E-state index contributed by atoms with van der Waals surface area (Å²) in [5, 5.41) is 3.43. The van der Waals surface area contributed by atoms with E-state index in [1.807, 2.05) is 39.0 Å². The highest BCUT2D eigenvalue weighted by Gasteiger charge is 2.21. The van der Waals surface area contributed by atoms with Crippen LogP contribution < -0.4 is 5.32 Å². The standard InChI is InChI=1S/C28H39BrN2O3S/c1-8-20-16-23(29)13-12-21(20)10-9-11-26(32)30-24-14-15-25(35-19(2)3)22(17-24)18-31(7)27(33)34-28(4,5)6/h12-17,19H,8-11,18H2,1-7H3,(H,30,32). The van der Waals surface area contributed by atoms with Crippen LogP contribution in [0.1, 0.15) is 71.1 Å². The van der Waals surface area contributed by atoms with Gasteiger partial charge in [-0.15, -0.1) is 11.8 Å². The van der Waals surface area contributed by atoms with Crippen LogP contribution in [0.4, 0.5) is 10.5 Å². The van der Waals surface area contributed by atoms with Crippen LogP contribution in [-0.2, 0) is 28.9 Å². The lowest BCUT2D eigenvalue weighted by Gasteiger charge is -2.25. The largest absolute Gasteiger partial charge is 0.444 e. The summed E-state index contributed by atoms with van der Waals surface area (Å²) in [5.41, 5.74) is 3.79.